The van der Waals surface area contributed by atoms with Crippen molar-refractivity contribution >= 4 is 17.3 Å². The Balaban J connectivity index is 2.28. The third-order valence-corrected chi connectivity index (χ3v) is 2.63. The maximum absolute atomic E-state index is 5.99. The standard InChI is InChI=1S/C9H12ClN3/c10-8-3-7(11)6(4-13-8)9(12)5-1-2-5/h3-5,9H,1-2,12H2,(H2,11,13)/t9-/m1/s1. The van der Waals surface area contributed by atoms with Crippen LogP contribution in [0.4, 0.5) is 5.69 Å². The SMILES string of the molecule is Nc1cc(Cl)ncc1[C@H](N)C1CC1. The number of nitrogen functional groups attached to an aromatic ring is 1. The van der Waals surface area contributed by atoms with Crippen molar-refractivity contribution < 1.29 is 0 Å². The van der Waals surface area contributed by atoms with Crippen LogP contribution in [0.15, 0.2) is 12.3 Å². The molecule has 1 aromatic heterocycles. The summed E-state index contributed by atoms with van der Waals surface area (Å²) in [6.45, 7) is 0. The molecule has 0 spiro atoms. The number of halogens is 1. The van der Waals surface area contributed by atoms with E-state index in [1.807, 2.05) is 0 Å². The van der Waals surface area contributed by atoms with E-state index in [0.29, 0.717) is 16.8 Å². The van der Waals surface area contributed by atoms with Crippen LogP contribution in [0, 0.1) is 5.92 Å². The lowest BCUT2D eigenvalue weighted by atomic mass is 10.0. The van der Waals surface area contributed by atoms with Crippen molar-refractivity contribution in [2.45, 2.75) is 18.9 Å². The number of anilines is 1. The van der Waals surface area contributed by atoms with E-state index in [-0.39, 0.29) is 6.04 Å². The Morgan fingerprint density at radius 3 is 2.77 bits per heavy atom. The molecule has 0 radical (unpaired) electrons. The average Bonchev–Trinajstić information content (AvgIpc) is 2.85. The smallest absolute Gasteiger partial charge is 0.131 e. The summed E-state index contributed by atoms with van der Waals surface area (Å²) in [5.74, 6) is 0.588. The van der Waals surface area contributed by atoms with Gasteiger partial charge in [-0.15, -0.1) is 0 Å². The molecule has 13 heavy (non-hydrogen) atoms. The van der Waals surface area contributed by atoms with Gasteiger partial charge >= 0.3 is 0 Å². The van der Waals surface area contributed by atoms with Gasteiger partial charge in [0.05, 0.1) is 0 Å². The fourth-order valence-corrected chi connectivity index (χ4v) is 1.61. The first-order chi connectivity index (χ1) is 6.18. The molecule has 4 heteroatoms. The van der Waals surface area contributed by atoms with Crippen molar-refractivity contribution in [2.75, 3.05) is 5.73 Å². The zero-order valence-electron chi connectivity index (χ0n) is 7.20. The number of aromatic nitrogens is 1. The number of nitrogens with two attached hydrogens (primary N) is 2. The van der Waals surface area contributed by atoms with Gasteiger partial charge in [0.2, 0.25) is 0 Å². The summed E-state index contributed by atoms with van der Waals surface area (Å²) in [7, 11) is 0. The Kier molecular flexibility index (Phi) is 2.14. The second kappa shape index (κ2) is 3.16. The van der Waals surface area contributed by atoms with Gasteiger partial charge in [-0.2, -0.15) is 0 Å². The second-order valence-electron chi connectivity index (χ2n) is 3.50. The average molecular weight is 198 g/mol. The number of pyridine rings is 1. The highest BCUT2D eigenvalue weighted by Gasteiger charge is 2.30. The quantitative estimate of drug-likeness (QED) is 0.710. The number of hydrogen-bond donors (Lipinski definition) is 2. The van der Waals surface area contributed by atoms with Crippen molar-refractivity contribution in [3.63, 3.8) is 0 Å². The fraction of sp³-hybridized carbons (Fsp3) is 0.444. The van der Waals surface area contributed by atoms with Crippen LogP contribution in [0.5, 0.6) is 0 Å². The summed E-state index contributed by atoms with van der Waals surface area (Å²) in [5.41, 5.74) is 13.3. The van der Waals surface area contributed by atoms with E-state index in [1.54, 1.807) is 12.3 Å². The predicted molar refractivity (Wildman–Crippen MR) is 53.3 cm³/mol. The lowest BCUT2D eigenvalue weighted by Crippen LogP contribution is -2.14. The second-order valence-corrected chi connectivity index (χ2v) is 3.89. The Hall–Kier alpha value is -0.800. The summed E-state index contributed by atoms with van der Waals surface area (Å²) in [4.78, 5) is 3.98. The zero-order chi connectivity index (χ0) is 9.42. The van der Waals surface area contributed by atoms with Crippen molar-refractivity contribution in [1.29, 1.82) is 0 Å². The lowest BCUT2D eigenvalue weighted by Gasteiger charge is -2.12. The summed E-state index contributed by atoms with van der Waals surface area (Å²) in [5, 5.41) is 0.421. The lowest BCUT2D eigenvalue weighted by molar-refractivity contribution is 0.633. The fourth-order valence-electron chi connectivity index (χ4n) is 1.44. The molecule has 2 rings (SSSR count). The van der Waals surface area contributed by atoms with E-state index in [9.17, 15) is 0 Å². The Morgan fingerprint density at radius 2 is 2.23 bits per heavy atom. The Bertz CT molecular complexity index is 323. The van der Waals surface area contributed by atoms with E-state index in [0.717, 1.165) is 5.56 Å². The largest absolute Gasteiger partial charge is 0.398 e. The molecule has 0 aliphatic heterocycles. The molecule has 0 aromatic carbocycles. The van der Waals surface area contributed by atoms with Gasteiger partial charge in [-0.25, -0.2) is 4.98 Å². The highest BCUT2D eigenvalue weighted by atomic mass is 35.5. The minimum absolute atomic E-state index is 0.0322. The predicted octanol–water partition coefficient (Wildman–Crippen LogP) is 1.73. The molecule has 1 aliphatic carbocycles. The molecular formula is C9H12ClN3. The van der Waals surface area contributed by atoms with Gasteiger partial charge in [0.25, 0.3) is 0 Å². The third kappa shape index (κ3) is 1.76. The molecule has 4 N–H and O–H groups in total. The molecule has 0 saturated heterocycles. The minimum Gasteiger partial charge on any atom is -0.398 e. The number of hydrogen-bond acceptors (Lipinski definition) is 3. The monoisotopic (exact) mass is 197 g/mol. The van der Waals surface area contributed by atoms with Crippen LogP contribution >= 0.6 is 11.6 Å². The summed E-state index contributed by atoms with van der Waals surface area (Å²) < 4.78 is 0. The van der Waals surface area contributed by atoms with Gasteiger partial charge < -0.3 is 11.5 Å². The van der Waals surface area contributed by atoms with Crippen LogP contribution in [-0.2, 0) is 0 Å². The van der Waals surface area contributed by atoms with Crippen LogP contribution in [0.3, 0.4) is 0 Å². The van der Waals surface area contributed by atoms with Crippen molar-refractivity contribution in [1.82, 2.24) is 4.98 Å². The van der Waals surface area contributed by atoms with Gasteiger partial charge in [0.15, 0.2) is 0 Å². The maximum Gasteiger partial charge on any atom is 0.131 e. The molecule has 1 atom stereocenters. The van der Waals surface area contributed by atoms with Crippen molar-refractivity contribution in [3.8, 4) is 0 Å². The van der Waals surface area contributed by atoms with Gasteiger partial charge in [-0.1, -0.05) is 11.6 Å². The van der Waals surface area contributed by atoms with Crippen LogP contribution in [0.25, 0.3) is 0 Å². The molecule has 3 nitrogen and oxygen atoms in total. The minimum atomic E-state index is 0.0322. The topological polar surface area (TPSA) is 64.9 Å². The first-order valence-electron chi connectivity index (χ1n) is 4.35. The Labute approximate surface area is 82.1 Å². The summed E-state index contributed by atoms with van der Waals surface area (Å²) in [6, 6.07) is 1.68. The maximum atomic E-state index is 5.99. The normalized spacial score (nSPS) is 18.6. The van der Waals surface area contributed by atoms with Crippen LogP contribution in [-0.4, -0.2) is 4.98 Å². The van der Waals surface area contributed by atoms with Crippen molar-refractivity contribution in [3.05, 3.63) is 23.0 Å². The van der Waals surface area contributed by atoms with Crippen LogP contribution in [0.2, 0.25) is 5.15 Å². The first kappa shape index (κ1) is 8.78. The van der Waals surface area contributed by atoms with E-state index < -0.39 is 0 Å². The highest BCUT2D eigenvalue weighted by Crippen LogP contribution is 2.40. The van der Waals surface area contributed by atoms with Crippen LogP contribution < -0.4 is 11.5 Å². The number of rotatable bonds is 2. The summed E-state index contributed by atoms with van der Waals surface area (Å²) >= 11 is 5.68. The molecule has 1 aliphatic rings. The van der Waals surface area contributed by atoms with E-state index in [1.165, 1.54) is 12.8 Å². The molecule has 1 saturated carbocycles. The molecule has 70 valence electrons. The molecular weight excluding hydrogens is 186 g/mol. The van der Waals surface area contributed by atoms with Crippen LogP contribution in [0.1, 0.15) is 24.4 Å². The van der Waals surface area contributed by atoms with Crippen molar-refractivity contribution in [2.24, 2.45) is 11.7 Å². The molecule has 1 aromatic rings. The Morgan fingerprint density at radius 1 is 1.54 bits per heavy atom. The van der Waals surface area contributed by atoms with E-state index >= 15 is 0 Å². The van der Waals surface area contributed by atoms with E-state index in [4.69, 9.17) is 23.1 Å². The molecule has 1 fully saturated rings. The third-order valence-electron chi connectivity index (χ3n) is 2.42. The van der Waals surface area contributed by atoms with E-state index in [2.05, 4.69) is 4.98 Å². The molecule has 0 bridgehead atoms. The summed E-state index contributed by atoms with van der Waals surface area (Å²) in [6.07, 6.45) is 4.08. The first-order valence-corrected chi connectivity index (χ1v) is 4.73. The van der Waals surface area contributed by atoms with Gasteiger partial charge in [-0.3, -0.25) is 0 Å². The van der Waals surface area contributed by atoms with Gasteiger partial charge in [0, 0.05) is 23.5 Å². The highest BCUT2D eigenvalue weighted by molar-refractivity contribution is 6.29. The van der Waals surface area contributed by atoms with Gasteiger partial charge in [-0.05, 0) is 24.8 Å². The number of nitrogens with zero attached hydrogens (tertiary/aromatic N) is 1. The van der Waals surface area contributed by atoms with Gasteiger partial charge in [0.1, 0.15) is 5.15 Å². The zero-order valence-corrected chi connectivity index (χ0v) is 7.96. The molecule has 0 unspecified atom stereocenters. The molecule has 1 heterocycles. The molecule has 0 amide bonds.